The molecule has 9 heteroatoms. The lowest BCUT2D eigenvalue weighted by Gasteiger charge is -2.37. The number of cyclic esters (lactones) is 1. The summed E-state index contributed by atoms with van der Waals surface area (Å²) in [5, 5.41) is 6.88. The molecule has 2 heterocycles. The molecule has 1 aliphatic carbocycles. The van der Waals surface area contributed by atoms with Crippen LogP contribution in [0, 0.1) is 17.6 Å². The molecule has 0 radical (unpaired) electrons. The molecule has 1 aromatic carbocycles. The van der Waals surface area contributed by atoms with Gasteiger partial charge in [-0.25, -0.2) is 18.3 Å². The van der Waals surface area contributed by atoms with E-state index >= 15 is 0 Å². The van der Waals surface area contributed by atoms with E-state index in [0.29, 0.717) is 31.7 Å². The topological polar surface area (TPSA) is 76.5 Å². The Morgan fingerprint density at radius 1 is 1.14 bits per heavy atom. The SMILES string of the molecule is O=C1OCCCN1[C@H]1CC[C@@H](C(=O)Nc2cnn(-c3cc(F)cc(F)c3)c2)CC1. The van der Waals surface area contributed by atoms with Crippen LogP contribution in [0.15, 0.2) is 30.6 Å². The number of anilines is 1. The zero-order valence-electron chi connectivity index (χ0n) is 15.8. The van der Waals surface area contributed by atoms with Crippen LogP contribution in [-0.2, 0) is 9.53 Å². The van der Waals surface area contributed by atoms with Crippen molar-refractivity contribution in [3.05, 3.63) is 42.2 Å². The van der Waals surface area contributed by atoms with Crippen LogP contribution < -0.4 is 5.32 Å². The van der Waals surface area contributed by atoms with Crippen LogP contribution >= 0.6 is 0 Å². The van der Waals surface area contributed by atoms with Crippen LogP contribution in [0.1, 0.15) is 32.1 Å². The molecule has 7 nitrogen and oxygen atoms in total. The van der Waals surface area contributed by atoms with Crippen molar-refractivity contribution >= 4 is 17.7 Å². The number of hydrogen-bond acceptors (Lipinski definition) is 4. The predicted octanol–water partition coefficient (Wildman–Crippen LogP) is 3.49. The largest absolute Gasteiger partial charge is 0.449 e. The number of carbonyl (C=O) groups excluding carboxylic acids is 2. The van der Waals surface area contributed by atoms with E-state index in [9.17, 15) is 18.4 Å². The maximum atomic E-state index is 13.4. The van der Waals surface area contributed by atoms with Crippen LogP contribution in [-0.4, -0.2) is 45.9 Å². The van der Waals surface area contributed by atoms with Gasteiger partial charge in [-0.05, 0) is 44.2 Å². The van der Waals surface area contributed by atoms with E-state index in [0.717, 1.165) is 37.5 Å². The average Bonchev–Trinajstić information content (AvgIpc) is 3.16. The first-order valence-corrected chi connectivity index (χ1v) is 9.75. The molecule has 4 rings (SSSR count). The van der Waals surface area contributed by atoms with E-state index in [1.54, 1.807) is 4.90 Å². The van der Waals surface area contributed by atoms with Crippen LogP contribution in [0.4, 0.5) is 19.3 Å². The maximum Gasteiger partial charge on any atom is 0.410 e. The standard InChI is InChI=1S/C20H22F2N4O3/c21-14-8-15(22)10-18(9-14)26-12-16(11-23-26)24-19(27)13-2-4-17(5-3-13)25-6-1-7-29-20(25)28/h8-13,17H,1-7H2,(H,24,27)/t13-,17+. The van der Waals surface area contributed by atoms with Crippen molar-refractivity contribution in [2.24, 2.45) is 5.92 Å². The summed E-state index contributed by atoms with van der Waals surface area (Å²) < 4.78 is 33.2. The van der Waals surface area contributed by atoms with Crippen molar-refractivity contribution in [3.8, 4) is 5.69 Å². The molecule has 0 atom stereocenters. The molecule has 1 saturated carbocycles. The highest BCUT2D eigenvalue weighted by molar-refractivity contribution is 5.92. The van der Waals surface area contributed by atoms with Gasteiger partial charge in [0.2, 0.25) is 5.91 Å². The second-order valence-corrected chi connectivity index (χ2v) is 7.46. The van der Waals surface area contributed by atoms with Crippen LogP contribution in [0.2, 0.25) is 0 Å². The highest BCUT2D eigenvalue weighted by Crippen LogP contribution is 2.30. The molecule has 0 spiro atoms. The molecule has 2 aliphatic rings. The number of carbonyl (C=O) groups is 2. The number of benzene rings is 1. The van der Waals surface area contributed by atoms with Gasteiger partial charge in [0.15, 0.2) is 0 Å². The number of aromatic nitrogens is 2. The van der Waals surface area contributed by atoms with Crippen LogP contribution in [0.5, 0.6) is 0 Å². The summed E-state index contributed by atoms with van der Waals surface area (Å²) in [4.78, 5) is 26.3. The molecule has 0 bridgehead atoms. The average molecular weight is 404 g/mol. The monoisotopic (exact) mass is 404 g/mol. The van der Waals surface area contributed by atoms with Gasteiger partial charge in [0.25, 0.3) is 0 Å². The van der Waals surface area contributed by atoms with Gasteiger partial charge < -0.3 is 15.0 Å². The van der Waals surface area contributed by atoms with Crippen molar-refractivity contribution in [2.45, 2.75) is 38.1 Å². The minimum Gasteiger partial charge on any atom is -0.449 e. The van der Waals surface area contributed by atoms with Gasteiger partial charge in [0, 0.05) is 24.6 Å². The summed E-state index contributed by atoms with van der Waals surface area (Å²) in [6.45, 7) is 1.18. The Balaban J connectivity index is 1.33. The van der Waals surface area contributed by atoms with Gasteiger partial charge in [0.1, 0.15) is 11.6 Å². The lowest BCUT2D eigenvalue weighted by Crippen LogP contribution is -2.46. The minimum absolute atomic E-state index is 0.116. The highest BCUT2D eigenvalue weighted by atomic mass is 19.1. The maximum absolute atomic E-state index is 13.4. The number of amides is 2. The molecule has 1 N–H and O–H groups in total. The third-order valence-corrected chi connectivity index (χ3v) is 5.47. The number of hydrogen-bond donors (Lipinski definition) is 1. The minimum atomic E-state index is -0.699. The second-order valence-electron chi connectivity index (χ2n) is 7.46. The van der Waals surface area contributed by atoms with E-state index in [2.05, 4.69) is 10.4 Å². The van der Waals surface area contributed by atoms with Gasteiger partial charge in [-0.2, -0.15) is 5.10 Å². The summed E-state index contributed by atoms with van der Waals surface area (Å²) in [6, 6.07) is 3.23. The Morgan fingerprint density at radius 2 is 1.86 bits per heavy atom. The third kappa shape index (κ3) is 4.38. The lowest BCUT2D eigenvalue weighted by atomic mass is 9.84. The van der Waals surface area contributed by atoms with E-state index < -0.39 is 11.6 Å². The van der Waals surface area contributed by atoms with E-state index in [4.69, 9.17) is 4.74 Å². The number of nitrogens with zero attached hydrogens (tertiary/aromatic N) is 3. The molecule has 2 aromatic rings. The summed E-state index contributed by atoms with van der Waals surface area (Å²) in [5.74, 6) is -1.66. The van der Waals surface area contributed by atoms with Gasteiger partial charge >= 0.3 is 6.09 Å². The smallest absolute Gasteiger partial charge is 0.410 e. The fourth-order valence-corrected chi connectivity index (χ4v) is 3.99. The zero-order valence-corrected chi connectivity index (χ0v) is 15.8. The first-order chi connectivity index (χ1) is 14.0. The third-order valence-electron chi connectivity index (χ3n) is 5.47. The molecule has 29 heavy (non-hydrogen) atoms. The molecule has 1 aromatic heterocycles. The number of nitrogens with one attached hydrogen (secondary N) is 1. The first-order valence-electron chi connectivity index (χ1n) is 9.75. The summed E-state index contributed by atoms with van der Waals surface area (Å²) in [7, 11) is 0. The molecule has 154 valence electrons. The van der Waals surface area contributed by atoms with Crippen LogP contribution in [0.3, 0.4) is 0 Å². The fraction of sp³-hybridized carbons (Fsp3) is 0.450. The number of halogens is 2. The van der Waals surface area contributed by atoms with Gasteiger partial charge in [-0.3, -0.25) is 4.79 Å². The highest BCUT2D eigenvalue weighted by Gasteiger charge is 2.33. The molecule has 2 amide bonds. The Bertz CT molecular complexity index is 889. The number of ether oxygens (including phenoxy) is 1. The van der Waals surface area contributed by atoms with E-state index in [-0.39, 0.29) is 29.6 Å². The van der Waals surface area contributed by atoms with Crippen molar-refractivity contribution in [2.75, 3.05) is 18.5 Å². The quantitative estimate of drug-likeness (QED) is 0.846. The Hall–Kier alpha value is -2.97. The summed E-state index contributed by atoms with van der Waals surface area (Å²) in [5.41, 5.74) is 0.693. The van der Waals surface area contributed by atoms with Gasteiger partial charge in [0.05, 0.1) is 30.4 Å². The van der Waals surface area contributed by atoms with E-state index in [1.807, 2.05) is 0 Å². The Morgan fingerprint density at radius 3 is 2.55 bits per heavy atom. The number of rotatable bonds is 4. The normalized spacial score (nSPS) is 22.3. The lowest BCUT2D eigenvalue weighted by molar-refractivity contribution is -0.121. The fourth-order valence-electron chi connectivity index (χ4n) is 3.99. The molecule has 0 unspecified atom stereocenters. The summed E-state index contributed by atoms with van der Waals surface area (Å²) >= 11 is 0. The van der Waals surface area contributed by atoms with Crippen molar-refractivity contribution in [1.82, 2.24) is 14.7 Å². The Labute approximate surface area is 166 Å². The molecule has 2 fully saturated rings. The zero-order chi connectivity index (χ0) is 20.4. The van der Waals surface area contributed by atoms with Crippen molar-refractivity contribution < 1.29 is 23.1 Å². The molecular formula is C20H22F2N4O3. The Kier molecular flexibility index (Phi) is 5.46. The van der Waals surface area contributed by atoms with Gasteiger partial charge in [-0.1, -0.05) is 0 Å². The molecule has 1 saturated heterocycles. The van der Waals surface area contributed by atoms with Gasteiger partial charge in [-0.15, -0.1) is 0 Å². The molecular weight excluding hydrogens is 382 g/mol. The second kappa shape index (κ2) is 8.18. The first kappa shape index (κ1) is 19.4. The molecule has 1 aliphatic heterocycles. The van der Waals surface area contributed by atoms with Crippen LogP contribution in [0.25, 0.3) is 5.69 Å². The van der Waals surface area contributed by atoms with Crippen molar-refractivity contribution in [3.63, 3.8) is 0 Å². The predicted molar refractivity (Wildman–Crippen MR) is 101 cm³/mol. The summed E-state index contributed by atoms with van der Waals surface area (Å²) in [6.07, 6.45) is 6.42. The van der Waals surface area contributed by atoms with E-state index in [1.165, 1.54) is 17.1 Å². The van der Waals surface area contributed by atoms with Crippen molar-refractivity contribution in [1.29, 1.82) is 0 Å².